The summed E-state index contributed by atoms with van der Waals surface area (Å²) in [6.07, 6.45) is 3.21. The Bertz CT molecular complexity index is 398. The van der Waals surface area contributed by atoms with Crippen LogP contribution in [0.4, 0.5) is 0 Å². The van der Waals surface area contributed by atoms with Crippen molar-refractivity contribution in [1.82, 2.24) is 9.03 Å². The Balaban J connectivity index is 2.59. The van der Waals surface area contributed by atoms with Crippen LogP contribution in [0.25, 0.3) is 0 Å². The number of aliphatic hydroxyl groups is 1. The number of aliphatic carboxylic acids is 1. The minimum Gasteiger partial charge on any atom is -0.481 e. The Morgan fingerprint density at radius 3 is 2.58 bits per heavy atom. The molecule has 1 aliphatic rings. The molecule has 2 atom stereocenters. The van der Waals surface area contributed by atoms with Gasteiger partial charge in [0.05, 0.1) is 6.42 Å². The number of carboxylic acids is 1. The van der Waals surface area contributed by atoms with E-state index in [0.29, 0.717) is 6.42 Å². The van der Waals surface area contributed by atoms with Gasteiger partial charge in [-0.25, -0.2) is 0 Å². The molecule has 2 unspecified atom stereocenters. The van der Waals surface area contributed by atoms with Gasteiger partial charge in [-0.1, -0.05) is 12.8 Å². The van der Waals surface area contributed by atoms with Crippen molar-refractivity contribution in [2.45, 2.75) is 38.1 Å². The van der Waals surface area contributed by atoms with E-state index in [1.807, 2.05) is 0 Å². The molecule has 0 aromatic heterocycles. The van der Waals surface area contributed by atoms with Gasteiger partial charge >= 0.3 is 5.97 Å². The normalized spacial score (nSPS) is 24.6. The average Bonchev–Trinajstić information content (AvgIpc) is 2.36. The molecule has 0 heterocycles. The molecule has 0 amide bonds. The number of carboxylic acid groups (broad SMARTS) is 1. The number of hydrogen-bond acceptors (Lipinski definition) is 4. The van der Waals surface area contributed by atoms with Crippen LogP contribution in [0.1, 0.15) is 32.1 Å². The number of nitrogens with zero attached hydrogens (tertiary/aromatic N) is 1. The zero-order chi connectivity index (χ0) is 14.5. The Morgan fingerprint density at radius 1 is 1.37 bits per heavy atom. The van der Waals surface area contributed by atoms with Crippen molar-refractivity contribution in [3.05, 3.63) is 0 Å². The number of aliphatic hydroxyl groups excluding tert-OH is 1. The molecule has 1 fully saturated rings. The number of nitrogens with one attached hydrogen (secondary N) is 1. The van der Waals surface area contributed by atoms with Crippen molar-refractivity contribution in [1.29, 1.82) is 0 Å². The summed E-state index contributed by atoms with van der Waals surface area (Å²) in [7, 11) is -2.34. The summed E-state index contributed by atoms with van der Waals surface area (Å²) in [4.78, 5) is 10.4. The Hall–Kier alpha value is -0.700. The Labute approximate surface area is 113 Å². The second-order valence-electron chi connectivity index (χ2n) is 4.92. The molecule has 1 saturated carbocycles. The first-order valence-corrected chi connectivity index (χ1v) is 7.87. The van der Waals surface area contributed by atoms with E-state index in [4.69, 9.17) is 5.11 Å². The fourth-order valence-electron chi connectivity index (χ4n) is 2.24. The molecular weight excluding hydrogens is 272 g/mol. The zero-order valence-electron chi connectivity index (χ0n) is 11.1. The largest absolute Gasteiger partial charge is 0.481 e. The molecule has 1 aliphatic carbocycles. The molecule has 0 saturated heterocycles. The highest BCUT2D eigenvalue weighted by atomic mass is 32.2. The third kappa shape index (κ3) is 5.06. The van der Waals surface area contributed by atoms with E-state index >= 15 is 0 Å². The van der Waals surface area contributed by atoms with Crippen molar-refractivity contribution >= 4 is 16.2 Å². The highest BCUT2D eigenvalue weighted by Gasteiger charge is 2.30. The first-order chi connectivity index (χ1) is 8.86. The van der Waals surface area contributed by atoms with E-state index < -0.39 is 16.2 Å². The summed E-state index contributed by atoms with van der Waals surface area (Å²) in [5, 5.41) is 17.8. The highest BCUT2D eigenvalue weighted by Crippen LogP contribution is 2.24. The lowest BCUT2D eigenvalue weighted by atomic mass is 9.86. The summed E-state index contributed by atoms with van der Waals surface area (Å²) in [6.45, 7) is -0.104. The maximum absolute atomic E-state index is 12.0. The first kappa shape index (κ1) is 16.4. The van der Waals surface area contributed by atoms with E-state index in [1.165, 1.54) is 7.05 Å². The van der Waals surface area contributed by atoms with Crippen LogP contribution in [0.3, 0.4) is 0 Å². The van der Waals surface area contributed by atoms with Crippen molar-refractivity contribution in [2.75, 3.05) is 20.2 Å². The minimum absolute atomic E-state index is 0.0357. The fraction of sp³-hybridized carbons (Fsp3) is 0.909. The lowest BCUT2D eigenvalue weighted by Gasteiger charge is -2.32. The van der Waals surface area contributed by atoms with Gasteiger partial charge < -0.3 is 10.2 Å². The fourth-order valence-corrected chi connectivity index (χ4v) is 3.44. The van der Waals surface area contributed by atoms with Gasteiger partial charge in [0.15, 0.2) is 0 Å². The van der Waals surface area contributed by atoms with Crippen LogP contribution < -0.4 is 4.72 Å². The van der Waals surface area contributed by atoms with Gasteiger partial charge in [0.1, 0.15) is 0 Å². The van der Waals surface area contributed by atoms with Crippen LogP contribution in [-0.2, 0) is 15.0 Å². The lowest BCUT2D eigenvalue weighted by molar-refractivity contribution is -0.137. The summed E-state index contributed by atoms with van der Waals surface area (Å²) in [5.41, 5.74) is 0. The van der Waals surface area contributed by atoms with Crippen LogP contribution in [0, 0.1) is 5.92 Å². The minimum atomic E-state index is -3.69. The van der Waals surface area contributed by atoms with Crippen molar-refractivity contribution in [3.8, 4) is 0 Å². The van der Waals surface area contributed by atoms with Gasteiger partial charge in [-0.2, -0.15) is 17.4 Å². The van der Waals surface area contributed by atoms with E-state index in [2.05, 4.69) is 4.72 Å². The molecule has 3 N–H and O–H groups in total. The van der Waals surface area contributed by atoms with Crippen molar-refractivity contribution in [2.24, 2.45) is 5.92 Å². The van der Waals surface area contributed by atoms with Crippen LogP contribution in [-0.4, -0.2) is 55.1 Å². The summed E-state index contributed by atoms with van der Waals surface area (Å²) in [5.74, 6) is -1.09. The SMILES string of the molecule is CN(CCC(=O)O)S(=O)(=O)NC1CCCCC1CO. The van der Waals surface area contributed by atoms with Gasteiger partial charge in [-0.05, 0) is 18.8 Å². The van der Waals surface area contributed by atoms with Crippen LogP contribution in [0.2, 0.25) is 0 Å². The molecular formula is C11H22N2O5S. The second kappa shape index (κ2) is 7.18. The summed E-state index contributed by atoms with van der Waals surface area (Å²) < 4.78 is 27.6. The second-order valence-corrected chi connectivity index (χ2v) is 6.73. The molecule has 0 radical (unpaired) electrons. The standard InChI is InChI=1S/C11H22N2O5S/c1-13(7-6-11(15)16)19(17,18)12-10-5-3-2-4-9(10)8-14/h9-10,12,14H,2-8H2,1H3,(H,15,16). The van der Waals surface area contributed by atoms with Crippen molar-refractivity contribution in [3.63, 3.8) is 0 Å². The van der Waals surface area contributed by atoms with Crippen molar-refractivity contribution < 1.29 is 23.4 Å². The molecule has 0 aliphatic heterocycles. The van der Waals surface area contributed by atoms with Crippen LogP contribution in [0.5, 0.6) is 0 Å². The third-order valence-corrected chi connectivity index (χ3v) is 5.10. The Morgan fingerprint density at radius 2 is 2.00 bits per heavy atom. The maximum atomic E-state index is 12.0. The maximum Gasteiger partial charge on any atom is 0.304 e. The van der Waals surface area contributed by atoms with Gasteiger partial charge in [0.2, 0.25) is 0 Å². The van der Waals surface area contributed by atoms with Gasteiger partial charge in [-0.3, -0.25) is 4.79 Å². The topological polar surface area (TPSA) is 107 Å². The van der Waals surface area contributed by atoms with Gasteiger partial charge in [0.25, 0.3) is 10.2 Å². The lowest BCUT2D eigenvalue weighted by Crippen LogP contribution is -2.48. The Kier molecular flexibility index (Phi) is 6.18. The zero-order valence-corrected chi connectivity index (χ0v) is 11.9. The smallest absolute Gasteiger partial charge is 0.304 e. The molecule has 0 spiro atoms. The number of rotatable bonds is 7. The number of hydrogen-bond donors (Lipinski definition) is 3. The number of carbonyl (C=O) groups is 1. The van der Waals surface area contributed by atoms with E-state index in [0.717, 1.165) is 23.6 Å². The quantitative estimate of drug-likeness (QED) is 0.601. The third-order valence-electron chi connectivity index (χ3n) is 3.49. The highest BCUT2D eigenvalue weighted by molar-refractivity contribution is 7.87. The molecule has 0 bridgehead atoms. The molecule has 1 rings (SSSR count). The van der Waals surface area contributed by atoms with Gasteiger partial charge in [0, 0.05) is 26.2 Å². The molecule has 8 heteroatoms. The van der Waals surface area contributed by atoms with Gasteiger partial charge in [-0.15, -0.1) is 0 Å². The molecule has 7 nitrogen and oxygen atoms in total. The first-order valence-electron chi connectivity index (χ1n) is 6.43. The molecule has 19 heavy (non-hydrogen) atoms. The summed E-state index contributed by atoms with van der Waals surface area (Å²) >= 11 is 0. The molecule has 0 aromatic rings. The average molecular weight is 294 g/mol. The van der Waals surface area contributed by atoms with E-state index in [9.17, 15) is 18.3 Å². The van der Waals surface area contributed by atoms with Crippen LogP contribution in [0.15, 0.2) is 0 Å². The van der Waals surface area contributed by atoms with Crippen LogP contribution >= 0.6 is 0 Å². The predicted octanol–water partition coefficient (Wildman–Crippen LogP) is -0.222. The molecule has 0 aromatic carbocycles. The monoisotopic (exact) mass is 294 g/mol. The predicted molar refractivity (Wildman–Crippen MR) is 69.8 cm³/mol. The molecule has 112 valence electrons. The van der Waals surface area contributed by atoms with E-state index in [-0.39, 0.29) is 31.5 Å². The van der Waals surface area contributed by atoms with E-state index in [1.54, 1.807) is 0 Å². The summed E-state index contributed by atoms with van der Waals surface area (Å²) in [6, 6.07) is -0.268.